The molecule has 2 aromatic carbocycles. The molecule has 6 heteroatoms. The first-order valence-corrected chi connectivity index (χ1v) is 11.9. The number of hydrogen-bond donors (Lipinski definition) is 1. The highest BCUT2D eigenvalue weighted by Gasteiger charge is 2.23. The molecule has 1 aliphatic rings. The summed E-state index contributed by atoms with van der Waals surface area (Å²) in [6, 6.07) is 19.7. The number of aromatic amines is 1. The van der Waals surface area contributed by atoms with Crippen LogP contribution in [0.2, 0.25) is 0 Å². The van der Waals surface area contributed by atoms with E-state index in [-0.39, 0.29) is 5.56 Å². The van der Waals surface area contributed by atoms with Crippen LogP contribution in [0.25, 0.3) is 21.9 Å². The van der Waals surface area contributed by atoms with E-state index in [0.29, 0.717) is 29.3 Å². The number of nitriles is 1. The van der Waals surface area contributed by atoms with E-state index in [4.69, 9.17) is 4.74 Å². The fraction of sp³-hybridized carbons (Fsp3) is 0.222. The molecule has 4 aromatic rings. The molecule has 164 valence electrons. The summed E-state index contributed by atoms with van der Waals surface area (Å²) in [4.78, 5) is 22.4. The van der Waals surface area contributed by atoms with Crippen LogP contribution in [0.1, 0.15) is 40.7 Å². The zero-order chi connectivity index (χ0) is 22.8. The van der Waals surface area contributed by atoms with Gasteiger partial charge in [-0.3, -0.25) is 4.79 Å². The van der Waals surface area contributed by atoms with E-state index in [1.165, 1.54) is 4.88 Å². The quantitative estimate of drug-likeness (QED) is 0.390. The van der Waals surface area contributed by atoms with E-state index >= 15 is 0 Å². The number of benzene rings is 2. The van der Waals surface area contributed by atoms with Crippen LogP contribution < -0.4 is 10.3 Å². The standard InChI is InChI=1S/C27H23N3O2S/c1-17-7-12-22-23(13-17)33-27-24(22)26(31)29-25(30-27)20(15-28)14-18-8-10-21(11-9-18)32-16-19-5-3-2-4-6-19/h2-6,8-11,14,17H,7,12-13,16H2,1H3,(H,29,30,31)/b20-14+/t17-/m1/s1. The van der Waals surface area contributed by atoms with Gasteiger partial charge in [0.05, 0.1) is 11.0 Å². The lowest BCUT2D eigenvalue weighted by atomic mass is 9.89. The Morgan fingerprint density at radius 1 is 1.24 bits per heavy atom. The van der Waals surface area contributed by atoms with Gasteiger partial charge in [0.25, 0.3) is 5.56 Å². The van der Waals surface area contributed by atoms with Crippen LogP contribution >= 0.6 is 11.3 Å². The first kappa shape index (κ1) is 21.2. The normalized spacial score (nSPS) is 15.8. The lowest BCUT2D eigenvalue weighted by Crippen LogP contribution is -2.14. The Morgan fingerprint density at radius 3 is 2.79 bits per heavy atom. The van der Waals surface area contributed by atoms with Gasteiger partial charge in [-0.05, 0) is 60.1 Å². The molecule has 0 amide bonds. The van der Waals surface area contributed by atoms with Crippen LogP contribution in [0.15, 0.2) is 59.4 Å². The van der Waals surface area contributed by atoms with Gasteiger partial charge < -0.3 is 9.72 Å². The summed E-state index contributed by atoms with van der Waals surface area (Å²) < 4.78 is 5.83. The van der Waals surface area contributed by atoms with Crippen LogP contribution in [-0.4, -0.2) is 9.97 Å². The van der Waals surface area contributed by atoms with Crippen LogP contribution in [0.5, 0.6) is 5.75 Å². The Hall–Kier alpha value is -3.69. The van der Waals surface area contributed by atoms with Crippen molar-refractivity contribution in [2.75, 3.05) is 0 Å². The van der Waals surface area contributed by atoms with Crippen molar-refractivity contribution < 1.29 is 4.74 Å². The number of H-pyrrole nitrogens is 1. The zero-order valence-electron chi connectivity index (χ0n) is 18.3. The molecule has 2 heterocycles. The molecule has 0 radical (unpaired) electrons. The maximum absolute atomic E-state index is 12.9. The third-order valence-electron chi connectivity index (χ3n) is 5.98. The van der Waals surface area contributed by atoms with Gasteiger partial charge in [0.1, 0.15) is 23.3 Å². The number of allylic oxidation sites excluding steroid dienone is 1. The molecule has 1 aliphatic carbocycles. The Bertz CT molecular complexity index is 1430. The second-order valence-corrected chi connectivity index (χ2v) is 9.54. The van der Waals surface area contributed by atoms with Gasteiger partial charge in [0.15, 0.2) is 5.82 Å². The summed E-state index contributed by atoms with van der Waals surface area (Å²) in [6.07, 6.45) is 4.74. The number of aryl methyl sites for hydroxylation is 1. The van der Waals surface area contributed by atoms with E-state index in [9.17, 15) is 10.1 Å². The number of hydrogen-bond acceptors (Lipinski definition) is 5. The summed E-state index contributed by atoms with van der Waals surface area (Å²) >= 11 is 1.59. The number of thiophene rings is 1. The van der Waals surface area contributed by atoms with Crippen molar-refractivity contribution in [2.45, 2.75) is 32.8 Å². The SMILES string of the molecule is C[C@@H]1CCc2c(sc3nc(/C(C#N)=C/c4ccc(OCc5ccccc5)cc4)[nH]c(=O)c23)C1. The highest BCUT2D eigenvalue weighted by Crippen LogP contribution is 2.36. The van der Waals surface area contributed by atoms with Crippen LogP contribution in [-0.2, 0) is 19.4 Å². The van der Waals surface area contributed by atoms with E-state index in [1.54, 1.807) is 17.4 Å². The van der Waals surface area contributed by atoms with E-state index in [0.717, 1.165) is 46.5 Å². The Morgan fingerprint density at radius 2 is 2.03 bits per heavy atom. The first-order chi connectivity index (χ1) is 16.1. The Kier molecular flexibility index (Phi) is 5.80. The lowest BCUT2D eigenvalue weighted by molar-refractivity contribution is 0.306. The van der Waals surface area contributed by atoms with Crippen molar-refractivity contribution >= 4 is 33.2 Å². The Labute approximate surface area is 196 Å². The maximum atomic E-state index is 12.9. The smallest absolute Gasteiger partial charge is 0.260 e. The summed E-state index contributed by atoms with van der Waals surface area (Å²) in [5.74, 6) is 1.69. The van der Waals surface area contributed by atoms with Gasteiger partial charge in [0, 0.05) is 4.88 Å². The number of ether oxygens (including phenoxy) is 1. The molecule has 5 nitrogen and oxygen atoms in total. The number of nitrogens with zero attached hydrogens (tertiary/aromatic N) is 2. The van der Waals surface area contributed by atoms with Crippen molar-refractivity contribution in [3.63, 3.8) is 0 Å². The number of aromatic nitrogens is 2. The molecule has 5 rings (SSSR count). The summed E-state index contributed by atoms with van der Waals surface area (Å²) in [7, 11) is 0. The summed E-state index contributed by atoms with van der Waals surface area (Å²) in [5, 5.41) is 10.5. The second-order valence-electron chi connectivity index (χ2n) is 8.46. The number of fused-ring (bicyclic) bond motifs is 3. The highest BCUT2D eigenvalue weighted by atomic mass is 32.1. The van der Waals surface area contributed by atoms with Crippen LogP contribution in [0.4, 0.5) is 0 Å². The van der Waals surface area contributed by atoms with Crippen LogP contribution in [0, 0.1) is 17.2 Å². The third kappa shape index (κ3) is 4.46. The van der Waals surface area contributed by atoms with E-state index in [1.807, 2.05) is 54.6 Å². The topological polar surface area (TPSA) is 78.8 Å². The minimum atomic E-state index is -0.159. The summed E-state index contributed by atoms with van der Waals surface area (Å²) in [6.45, 7) is 2.74. The minimum Gasteiger partial charge on any atom is -0.489 e. The molecule has 0 bridgehead atoms. The van der Waals surface area contributed by atoms with Crippen molar-refractivity contribution in [1.82, 2.24) is 9.97 Å². The molecule has 0 fully saturated rings. The minimum absolute atomic E-state index is 0.159. The molecule has 0 spiro atoms. The fourth-order valence-electron chi connectivity index (χ4n) is 4.20. The van der Waals surface area contributed by atoms with Gasteiger partial charge in [-0.2, -0.15) is 5.26 Å². The molecule has 33 heavy (non-hydrogen) atoms. The molecule has 1 N–H and O–H groups in total. The van der Waals surface area contributed by atoms with E-state index < -0.39 is 0 Å². The van der Waals surface area contributed by atoms with Crippen molar-refractivity contribution in [3.05, 3.63) is 92.3 Å². The molecule has 0 saturated carbocycles. The van der Waals surface area contributed by atoms with Crippen molar-refractivity contribution in [3.8, 4) is 11.8 Å². The average molecular weight is 454 g/mol. The van der Waals surface area contributed by atoms with Crippen molar-refractivity contribution in [2.24, 2.45) is 5.92 Å². The predicted octanol–water partition coefficient (Wildman–Crippen LogP) is 5.75. The molecular formula is C27H23N3O2S. The number of rotatable bonds is 5. The molecular weight excluding hydrogens is 430 g/mol. The third-order valence-corrected chi connectivity index (χ3v) is 7.13. The van der Waals surface area contributed by atoms with Crippen molar-refractivity contribution in [1.29, 1.82) is 5.26 Å². The molecule has 0 unspecified atom stereocenters. The van der Waals surface area contributed by atoms with Gasteiger partial charge in [-0.15, -0.1) is 11.3 Å². The zero-order valence-corrected chi connectivity index (χ0v) is 19.1. The largest absolute Gasteiger partial charge is 0.489 e. The first-order valence-electron chi connectivity index (χ1n) is 11.0. The fourth-order valence-corrected chi connectivity index (χ4v) is 5.58. The van der Waals surface area contributed by atoms with Gasteiger partial charge in [-0.25, -0.2) is 4.98 Å². The molecule has 1 atom stereocenters. The van der Waals surface area contributed by atoms with Gasteiger partial charge in [0.2, 0.25) is 0 Å². The molecule has 0 aliphatic heterocycles. The number of nitrogens with one attached hydrogen (secondary N) is 1. The van der Waals surface area contributed by atoms with Gasteiger partial charge >= 0.3 is 0 Å². The monoisotopic (exact) mass is 453 g/mol. The lowest BCUT2D eigenvalue weighted by Gasteiger charge is -2.17. The second kappa shape index (κ2) is 9.05. The molecule has 2 aromatic heterocycles. The Balaban J connectivity index is 1.40. The molecule has 0 saturated heterocycles. The highest BCUT2D eigenvalue weighted by molar-refractivity contribution is 7.18. The van der Waals surface area contributed by atoms with Crippen LogP contribution in [0.3, 0.4) is 0 Å². The summed E-state index contributed by atoms with van der Waals surface area (Å²) in [5.41, 5.74) is 3.24. The average Bonchev–Trinajstić information content (AvgIpc) is 3.20. The maximum Gasteiger partial charge on any atom is 0.260 e. The predicted molar refractivity (Wildman–Crippen MR) is 132 cm³/mol. The van der Waals surface area contributed by atoms with Gasteiger partial charge in [-0.1, -0.05) is 49.4 Å². The van der Waals surface area contributed by atoms with E-state index in [2.05, 4.69) is 23.0 Å².